The van der Waals surface area contributed by atoms with Crippen molar-refractivity contribution < 1.29 is 4.79 Å². The summed E-state index contributed by atoms with van der Waals surface area (Å²) in [4.78, 5) is 12.1. The number of benzene rings is 1. The first-order chi connectivity index (χ1) is 9.47. The van der Waals surface area contributed by atoms with Crippen molar-refractivity contribution in [2.45, 2.75) is 51.5 Å². The summed E-state index contributed by atoms with van der Waals surface area (Å²) in [5.41, 5.74) is 2.12. The van der Waals surface area contributed by atoms with E-state index in [1.54, 1.807) is 0 Å². The van der Waals surface area contributed by atoms with Crippen LogP contribution in [0.15, 0.2) is 24.3 Å². The van der Waals surface area contributed by atoms with Crippen LogP contribution in [0, 0.1) is 0 Å². The molecule has 1 heterocycles. The zero-order valence-electron chi connectivity index (χ0n) is 12.8. The number of hydrogen-bond acceptors (Lipinski definition) is 2. The Bertz CT molecular complexity index is 439. The second-order valence-corrected chi connectivity index (χ2v) is 6.68. The predicted molar refractivity (Wildman–Crippen MR) is 83.1 cm³/mol. The van der Waals surface area contributed by atoms with Gasteiger partial charge in [0.05, 0.1) is 0 Å². The van der Waals surface area contributed by atoms with Gasteiger partial charge < -0.3 is 10.6 Å². The lowest BCUT2D eigenvalue weighted by atomic mass is 9.87. The van der Waals surface area contributed by atoms with E-state index in [2.05, 4.69) is 31.4 Å². The summed E-state index contributed by atoms with van der Waals surface area (Å²) < 4.78 is 0. The van der Waals surface area contributed by atoms with Crippen molar-refractivity contribution in [3.63, 3.8) is 0 Å². The summed E-state index contributed by atoms with van der Waals surface area (Å²) in [6, 6.07) is 8.37. The summed E-state index contributed by atoms with van der Waals surface area (Å²) in [6.45, 7) is 8.32. The Morgan fingerprint density at radius 2 is 1.95 bits per heavy atom. The zero-order chi connectivity index (χ0) is 14.6. The summed E-state index contributed by atoms with van der Waals surface area (Å²) in [5.74, 6) is 0.0258. The van der Waals surface area contributed by atoms with Gasteiger partial charge in [-0.1, -0.05) is 39.3 Å². The molecular formula is C17H26N2O. The highest BCUT2D eigenvalue weighted by atomic mass is 16.1. The molecule has 0 spiro atoms. The quantitative estimate of drug-likeness (QED) is 0.890. The SMILES string of the molecule is CC(C)(C)c1ccc(C(=O)NCC2CCCCN2)cc1. The molecule has 1 amide bonds. The largest absolute Gasteiger partial charge is 0.350 e. The van der Waals surface area contributed by atoms with Gasteiger partial charge in [0.25, 0.3) is 5.91 Å². The van der Waals surface area contributed by atoms with Gasteiger partial charge >= 0.3 is 0 Å². The predicted octanol–water partition coefficient (Wildman–Crippen LogP) is 2.86. The van der Waals surface area contributed by atoms with Crippen LogP contribution in [0.3, 0.4) is 0 Å². The highest BCUT2D eigenvalue weighted by molar-refractivity contribution is 5.94. The Morgan fingerprint density at radius 3 is 2.50 bits per heavy atom. The zero-order valence-corrected chi connectivity index (χ0v) is 12.8. The number of hydrogen-bond donors (Lipinski definition) is 2. The van der Waals surface area contributed by atoms with Crippen molar-refractivity contribution in [1.29, 1.82) is 0 Å². The van der Waals surface area contributed by atoms with E-state index in [-0.39, 0.29) is 11.3 Å². The van der Waals surface area contributed by atoms with Gasteiger partial charge in [-0.2, -0.15) is 0 Å². The van der Waals surface area contributed by atoms with Crippen LogP contribution in [0.1, 0.15) is 56.0 Å². The molecule has 20 heavy (non-hydrogen) atoms. The Kier molecular flexibility index (Phi) is 4.81. The molecule has 1 atom stereocenters. The Labute approximate surface area is 122 Å². The van der Waals surface area contributed by atoms with E-state index in [0.29, 0.717) is 6.04 Å². The highest BCUT2D eigenvalue weighted by Gasteiger charge is 2.16. The van der Waals surface area contributed by atoms with E-state index >= 15 is 0 Å². The summed E-state index contributed by atoms with van der Waals surface area (Å²) in [7, 11) is 0. The van der Waals surface area contributed by atoms with Crippen LogP contribution in [-0.2, 0) is 5.41 Å². The summed E-state index contributed by atoms with van der Waals surface area (Å²) >= 11 is 0. The minimum absolute atomic E-state index is 0.0258. The standard InChI is InChI=1S/C17H26N2O/c1-17(2,3)14-9-7-13(8-10-14)16(20)19-12-15-6-4-5-11-18-15/h7-10,15,18H,4-6,11-12H2,1-3H3,(H,19,20). The lowest BCUT2D eigenvalue weighted by Gasteiger charge is -2.23. The molecule has 3 heteroatoms. The van der Waals surface area contributed by atoms with Crippen LogP contribution in [0.25, 0.3) is 0 Å². The van der Waals surface area contributed by atoms with Crippen molar-refractivity contribution in [3.05, 3.63) is 35.4 Å². The topological polar surface area (TPSA) is 41.1 Å². The molecule has 1 aromatic carbocycles. The molecule has 110 valence electrons. The van der Waals surface area contributed by atoms with Gasteiger partial charge in [0, 0.05) is 18.2 Å². The Morgan fingerprint density at radius 1 is 1.25 bits per heavy atom. The highest BCUT2D eigenvalue weighted by Crippen LogP contribution is 2.22. The number of nitrogens with one attached hydrogen (secondary N) is 2. The molecule has 2 N–H and O–H groups in total. The fraction of sp³-hybridized carbons (Fsp3) is 0.588. The Hall–Kier alpha value is -1.35. The van der Waals surface area contributed by atoms with E-state index in [9.17, 15) is 4.79 Å². The molecule has 1 aliphatic rings. The molecule has 2 rings (SSSR count). The summed E-state index contributed by atoms with van der Waals surface area (Å²) in [6.07, 6.45) is 3.66. The van der Waals surface area contributed by atoms with Crippen LogP contribution in [0.4, 0.5) is 0 Å². The maximum absolute atomic E-state index is 12.1. The number of piperidine rings is 1. The average Bonchev–Trinajstić information content (AvgIpc) is 2.45. The molecule has 1 aromatic rings. The molecule has 0 aliphatic carbocycles. The maximum atomic E-state index is 12.1. The van der Waals surface area contributed by atoms with Crippen molar-refractivity contribution in [2.24, 2.45) is 0 Å². The lowest BCUT2D eigenvalue weighted by Crippen LogP contribution is -2.43. The lowest BCUT2D eigenvalue weighted by molar-refractivity contribution is 0.0947. The van der Waals surface area contributed by atoms with E-state index < -0.39 is 0 Å². The van der Waals surface area contributed by atoms with Crippen LogP contribution in [0.5, 0.6) is 0 Å². The molecule has 1 unspecified atom stereocenters. The maximum Gasteiger partial charge on any atom is 0.251 e. The fourth-order valence-corrected chi connectivity index (χ4v) is 2.54. The summed E-state index contributed by atoms with van der Waals surface area (Å²) in [5, 5.41) is 6.47. The van der Waals surface area contributed by atoms with Gasteiger partial charge in [0.15, 0.2) is 0 Å². The first kappa shape index (κ1) is 15.0. The third-order valence-electron chi connectivity index (χ3n) is 3.93. The minimum atomic E-state index is 0.0258. The molecule has 0 radical (unpaired) electrons. The third-order valence-corrected chi connectivity index (χ3v) is 3.93. The van der Waals surface area contributed by atoms with Crippen molar-refractivity contribution in [1.82, 2.24) is 10.6 Å². The molecule has 3 nitrogen and oxygen atoms in total. The van der Waals surface area contributed by atoms with Gasteiger partial charge in [-0.3, -0.25) is 4.79 Å². The van der Waals surface area contributed by atoms with Crippen LogP contribution < -0.4 is 10.6 Å². The van der Waals surface area contributed by atoms with E-state index in [0.717, 1.165) is 25.1 Å². The van der Waals surface area contributed by atoms with Crippen LogP contribution in [0.2, 0.25) is 0 Å². The van der Waals surface area contributed by atoms with E-state index in [1.807, 2.05) is 24.3 Å². The number of carbonyl (C=O) groups is 1. The minimum Gasteiger partial charge on any atom is -0.350 e. The van der Waals surface area contributed by atoms with Crippen LogP contribution in [-0.4, -0.2) is 25.0 Å². The van der Waals surface area contributed by atoms with Gasteiger partial charge in [-0.15, -0.1) is 0 Å². The molecule has 1 fully saturated rings. The van der Waals surface area contributed by atoms with Crippen molar-refractivity contribution >= 4 is 5.91 Å². The molecule has 1 aliphatic heterocycles. The normalized spacial score (nSPS) is 19.6. The molecular weight excluding hydrogens is 248 g/mol. The molecule has 0 aromatic heterocycles. The Balaban J connectivity index is 1.89. The fourth-order valence-electron chi connectivity index (χ4n) is 2.54. The average molecular weight is 274 g/mol. The number of amides is 1. The second-order valence-electron chi connectivity index (χ2n) is 6.68. The van der Waals surface area contributed by atoms with Crippen molar-refractivity contribution in [2.75, 3.05) is 13.1 Å². The van der Waals surface area contributed by atoms with E-state index in [4.69, 9.17) is 0 Å². The molecule has 0 bridgehead atoms. The molecule has 1 saturated heterocycles. The van der Waals surface area contributed by atoms with Gasteiger partial charge in [0.1, 0.15) is 0 Å². The first-order valence-corrected chi connectivity index (χ1v) is 7.59. The number of rotatable bonds is 3. The number of carbonyl (C=O) groups excluding carboxylic acids is 1. The van der Waals surface area contributed by atoms with E-state index in [1.165, 1.54) is 18.4 Å². The smallest absolute Gasteiger partial charge is 0.251 e. The van der Waals surface area contributed by atoms with Crippen molar-refractivity contribution in [3.8, 4) is 0 Å². The molecule has 0 saturated carbocycles. The van der Waals surface area contributed by atoms with Crippen LogP contribution >= 0.6 is 0 Å². The second kappa shape index (κ2) is 6.40. The van der Waals surface area contributed by atoms with Gasteiger partial charge in [0.2, 0.25) is 0 Å². The monoisotopic (exact) mass is 274 g/mol. The first-order valence-electron chi connectivity index (χ1n) is 7.59. The van der Waals surface area contributed by atoms with Gasteiger partial charge in [-0.25, -0.2) is 0 Å². The third kappa shape index (κ3) is 4.07. The van der Waals surface area contributed by atoms with Gasteiger partial charge in [-0.05, 0) is 42.5 Å².